The van der Waals surface area contributed by atoms with Crippen LogP contribution in [0.25, 0.3) is 10.9 Å². The average Bonchev–Trinajstić information content (AvgIpc) is 3.88. The number of primary amides is 1. The Morgan fingerprint density at radius 1 is 0.984 bits per heavy atom. The molecule has 4 aliphatic rings. The Morgan fingerprint density at radius 2 is 1.73 bits per heavy atom. The van der Waals surface area contributed by atoms with Crippen LogP contribution in [-0.2, 0) is 16.1 Å². The molecule has 4 heterocycles. The number of pyridine rings is 1. The largest absolute Gasteiger partial charge is 0.489 e. The summed E-state index contributed by atoms with van der Waals surface area (Å²) in [6.07, 6.45) is 4.65. The summed E-state index contributed by atoms with van der Waals surface area (Å²) in [4.78, 5) is 64.5. The maximum atomic E-state index is 14.5. The topological polar surface area (TPSA) is 194 Å². The number of ether oxygens (including phenoxy) is 1. The number of hydrogen-bond acceptors (Lipinski definition) is 10. The number of fused-ring (bicyclic) bond motifs is 2. The second-order valence-electron chi connectivity index (χ2n) is 18.2. The number of nitrogens with two attached hydrogens (primary N) is 1. The first-order valence-electron chi connectivity index (χ1n) is 21.6. The van der Waals surface area contributed by atoms with Gasteiger partial charge in [0.25, 0.3) is 5.91 Å². The van der Waals surface area contributed by atoms with Crippen molar-refractivity contribution in [3.8, 4) is 11.8 Å². The number of nitriles is 1. The van der Waals surface area contributed by atoms with Crippen LogP contribution in [0, 0.1) is 33.9 Å². The molecule has 0 radical (unpaired) electrons. The molecule has 14 nitrogen and oxygen atoms in total. The highest BCUT2D eigenvalue weighted by atomic mass is 19.1. The Kier molecular flexibility index (Phi) is 14.6. The number of aldehydes is 1. The van der Waals surface area contributed by atoms with Gasteiger partial charge in [0, 0.05) is 111 Å². The van der Waals surface area contributed by atoms with Crippen molar-refractivity contribution >= 4 is 46.3 Å². The van der Waals surface area contributed by atoms with E-state index in [2.05, 4.69) is 70.1 Å². The molecule has 5 N–H and O–H groups in total. The minimum absolute atomic E-state index is 0.00292. The Labute approximate surface area is 367 Å². The van der Waals surface area contributed by atoms with Gasteiger partial charge in [0.05, 0.1) is 16.8 Å². The normalized spacial score (nSPS) is 18.7. The van der Waals surface area contributed by atoms with E-state index < -0.39 is 5.91 Å². The Hall–Kier alpha value is -6.27. The molecule has 1 unspecified atom stereocenters. The molecule has 15 heteroatoms. The molecular weight excluding hydrogens is 804 g/mol. The summed E-state index contributed by atoms with van der Waals surface area (Å²) in [5.74, 6) is 0.230. The number of aromatic amines is 1. The first-order chi connectivity index (χ1) is 30.0. The highest BCUT2D eigenvalue weighted by Gasteiger charge is 2.55. The quantitative estimate of drug-likeness (QED) is 0.110. The van der Waals surface area contributed by atoms with E-state index in [1.165, 1.54) is 17.8 Å². The van der Waals surface area contributed by atoms with Gasteiger partial charge in [0.2, 0.25) is 17.4 Å². The minimum Gasteiger partial charge on any atom is -0.489 e. The van der Waals surface area contributed by atoms with Crippen LogP contribution in [-0.4, -0.2) is 92.9 Å². The predicted octanol–water partition coefficient (Wildman–Crippen LogP) is 5.52. The molecule has 3 aliphatic heterocycles. The molecule has 3 aromatic carbocycles. The van der Waals surface area contributed by atoms with Crippen LogP contribution in [0.4, 0.5) is 15.8 Å². The van der Waals surface area contributed by atoms with Crippen molar-refractivity contribution in [1.82, 2.24) is 20.5 Å². The Bertz CT molecular complexity index is 2420. The molecule has 1 saturated carbocycles. The number of aromatic nitrogens is 1. The van der Waals surface area contributed by atoms with Crippen molar-refractivity contribution in [2.75, 3.05) is 62.7 Å². The maximum Gasteiger partial charge on any atom is 0.251 e. The molecular formula is C48H59FN8O6. The van der Waals surface area contributed by atoms with Crippen molar-refractivity contribution in [3.05, 3.63) is 99.1 Å². The van der Waals surface area contributed by atoms with Crippen molar-refractivity contribution in [1.29, 1.82) is 5.26 Å². The zero-order valence-corrected chi connectivity index (χ0v) is 36.9. The summed E-state index contributed by atoms with van der Waals surface area (Å²) in [5, 5.41) is 15.3. The van der Waals surface area contributed by atoms with E-state index in [9.17, 15) is 33.6 Å². The number of unbranched alkanes of at least 4 members (excludes halogenated alkanes) is 1. The molecule has 1 aromatic heterocycles. The summed E-state index contributed by atoms with van der Waals surface area (Å²) in [6.45, 7) is 16.0. The van der Waals surface area contributed by atoms with Crippen molar-refractivity contribution in [2.45, 2.75) is 72.4 Å². The first kappa shape index (κ1) is 46.2. The number of amides is 3. The Balaban J connectivity index is 0.000000184. The van der Waals surface area contributed by atoms with Gasteiger partial charge in [-0.25, -0.2) is 4.39 Å². The number of hydrogen-bond donors (Lipinski definition) is 4. The third kappa shape index (κ3) is 11.0. The number of benzene rings is 3. The number of H-pyrrole nitrogens is 1. The fraction of sp³-hybridized carbons (Fsp3) is 0.458. The van der Waals surface area contributed by atoms with E-state index in [0.29, 0.717) is 48.5 Å². The zero-order valence-electron chi connectivity index (χ0n) is 36.9. The minimum atomic E-state index is -0.612. The lowest BCUT2D eigenvalue weighted by atomic mass is 9.53. The molecule has 3 amide bonds. The standard InChI is InChI=1S/C24H28FN5O2.C18H20N2O2.C6H11NO2/c25-21-12-17(23(26)31)1-4-22(21)30-6-5-16(15-30)14-28-7-9-29(10-8-28)19-2-3-20-18(11-19)13-27-24(20)32;1-17(2)10-18(3,4)16(17)22-13-7-5-11(9-19)15-12(13)6-8-14(21)20-15;1-7-6(9)4-2-3-5-8/h1-4,11-12,16H,5-10,13-15H2,(H2,26,31)(H,27,32);5-8,16H,10H2,1-4H3,(H,20,21);5H,2-4H2,1H3,(H,7,9). The average molecular weight is 863 g/mol. The van der Waals surface area contributed by atoms with Gasteiger partial charge in [-0.05, 0) is 85.3 Å². The van der Waals surface area contributed by atoms with Gasteiger partial charge in [-0.2, -0.15) is 5.26 Å². The summed E-state index contributed by atoms with van der Waals surface area (Å²) in [6, 6.07) is 19.4. The number of anilines is 2. The smallest absolute Gasteiger partial charge is 0.251 e. The van der Waals surface area contributed by atoms with Crippen LogP contribution < -0.4 is 36.5 Å². The number of nitrogens with one attached hydrogen (secondary N) is 3. The van der Waals surface area contributed by atoms with E-state index >= 15 is 0 Å². The van der Waals surface area contributed by atoms with E-state index in [4.69, 9.17) is 10.5 Å². The number of halogens is 1. The number of carbonyl (C=O) groups is 4. The van der Waals surface area contributed by atoms with Crippen molar-refractivity contribution < 1.29 is 28.3 Å². The lowest BCUT2D eigenvalue weighted by Gasteiger charge is -2.56. The summed E-state index contributed by atoms with van der Waals surface area (Å²) in [5.41, 5.74) is 10.1. The molecule has 0 spiro atoms. The molecule has 0 bridgehead atoms. The van der Waals surface area contributed by atoms with E-state index in [-0.39, 0.29) is 45.7 Å². The molecule has 334 valence electrons. The summed E-state index contributed by atoms with van der Waals surface area (Å²) >= 11 is 0. The SMILES string of the molecule is CC1(C)CC(C)(C)C1Oc1ccc(C#N)c2[nH]c(=O)ccc12.CNC(=O)CCCC=O.NC(=O)c1ccc(N2CCC(CN3CCN(c4ccc5c(c4)CNC5=O)CC3)C2)c(F)c1. The number of piperazine rings is 1. The zero-order chi connectivity index (χ0) is 45.5. The summed E-state index contributed by atoms with van der Waals surface area (Å²) in [7, 11) is 1.59. The highest BCUT2D eigenvalue weighted by molar-refractivity contribution is 5.98. The second-order valence-corrected chi connectivity index (χ2v) is 18.2. The molecule has 1 atom stereocenters. The van der Waals surface area contributed by atoms with Crippen molar-refractivity contribution in [3.63, 3.8) is 0 Å². The van der Waals surface area contributed by atoms with Crippen LogP contribution in [0.2, 0.25) is 0 Å². The van der Waals surface area contributed by atoms with Gasteiger partial charge in [-0.15, -0.1) is 0 Å². The second kappa shape index (κ2) is 19.8. The van der Waals surface area contributed by atoms with Crippen LogP contribution in [0.5, 0.6) is 5.75 Å². The van der Waals surface area contributed by atoms with Gasteiger partial charge < -0.3 is 40.7 Å². The molecule has 4 aromatic rings. The van der Waals surface area contributed by atoms with E-state index in [1.54, 1.807) is 31.3 Å². The third-order valence-electron chi connectivity index (χ3n) is 12.4. The molecule has 8 rings (SSSR count). The van der Waals surface area contributed by atoms with Crippen LogP contribution in [0.15, 0.2) is 65.5 Å². The molecule has 3 fully saturated rings. The fourth-order valence-electron chi connectivity index (χ4n) is 9.71. The molecule has 1 aliphatic carbocycles. The highest BCUT2D eigenvalue weighted by Crippen LogP contribution is 2.55. The number of nitrogens with zero attached hydrogens (tertiary/aromatic N) is 4. The van der Waals surface area contributed by atoms with E-state index in [1.807, 2.05) is 18.2 Å². The lowest BCUT2D eigenvalue weighted by Crippen LogP contribution is -2.58. The number of carbonyl (C=O) groups excluding carboxylic acids is 4. The van der Waals surface area contributed by atoms with Gasteiger partial charge in [0.15, 0.2) is 0 Å². The molecule has 63 heavy (non-hydrogen) atoms. The maximum absolute atomic E-state index is 14.5. The van der Waals surface area contributed by atoms with Gasteiger partial charge in [-0.3, -0.25) is 24.1 Å². The monoisotopic (exact) mass is 862 g/mol. The van der Waals surface area contributed by atoms with Crippen LogP contribution in [0.3, 0.4) is 0 Å². The number of rotatable bonds is 11. The lowest BCUT2D eigenvalue weighted by molar-refractivity contribution is -0.133. The van der Waals surface area contributed by atoms with Gasteiger partial charge in [0.1, 0.15) is 30.0 Å². The van der Waals surface area contributed by atoms with Crippen LogP contribution in [0.1, 0.15) is 91.6 Å². The predicted molar refractivity (Wildman–Crippen MR) is 241 cm³/mol. The summed E-state index contributed by atoms with van der Waals surface area (Å²) < 4.78 is 20.8. The third-order valence-corrected chi connectivity index (χ3v) is 12.4. The first-order valence-corrected chi connectivity index (χ1v) is 21.6. The van der Waals surface area contributed by atoms with Gasteiger partial charge in [-0.1, -0.05) is 27.7 Å². The van der Waals surface area contributed by atoms with Gasteiger partial charge >= 0.3 is 0 Å². The van der Waals surface area contributed by atoms with E-state index in [0.717, 1.165) is 87.2 Å². The fourth-order valence-corrected chi connectivity index (χ4v) is 9.71. The van der Waals surface area contributed by atoms with Crippen molar-refractivity contribution in [2.24, 2.45) is 22.5 Å². The molecule has 2 saturated heterocycles. The Morgan fingerprint density at radius 3 is 2.38 bits per heavy atom. The van der Waals surface area contributed by atoms with Crippen LogP contribution >= 0.6 is 0 Å².